The first kappa shape index (κ1) is 19.8. The molecule has 4 rings (SSSR count). The summed E-state index contributed by atoms with van der Waals surface area (Å²) in [5, 5.41) is 2.98. The first-order chi connectivity index (χ1) is 14.5. The molecule has 0 saturated carbocycles. The third kappa shape index (κ3) is 4.08. The zero-order chi connectivity index (χ0) is 21.1. The summed E-state index contributed by atoms with van der Waals surface area (Å²) in [4.78, 5) is 26.8. The number of carbonyl (C=O) groups is 2. The maximum absolute atomic E-state index is 14.1. The van der Waals surface area contributed by atoms with Crippen LogP contribution in [0.1, 0.15) is 23.6 Å². The van der Waals surface area contributed by atoms with Gasteiger partial charge in [-0.1, -0.05) is 54.6 Å². The van der Waals surface area contributed by atoms with Crippen LogP contribution in [-0.4, -0.2) is 18.4 Å². The van der Waals surface area contributed by atoms with Gasteiger partial charge in [-0.2, -0.15) is 0 Å². The Morgan fingerprint density at radius 3 is 2.23 bits per heavy atom. The fourth-order valence-electron chi connectivity index (χ4n) is 3.71. The topological polar surface area (TPSA) is 49.4 Å². The second-order valence-corrected chi connectivity index (χ2v) is 7.26. The lowest BCUT2D eigenvalue weighted by atomic mass is 9.97. The number of para-hydroxylation sites is 1. The molecule has 0 aliphatic carbocycles. The molecule has 2 unspecified atom stereocenters. The van der Waals surface area contributed by atoms with Gasteiger partial charge in [-0.05, 0) is 35.4 Å². The number of halogens is 2. The van der Waals surface area contributed by atoms with E-state index < -0.39 is 17.8 Å². The summed E-state index contributed by atoms with van der Waals surface area (Å²) in [6, 6.07) is 20.8. The zero-order valence-corrected chi connectivity index (χ0v) is 16.1. The summed E-state index contributed by atoms with van der Waals surface area (Å²) in [6.07, 6.45) is 0.00505. The average molecular weight is 406 g/mol. The second-order valence-electron chi connectivity index (χ2n) is 7.26. The number of anilines is 1. The van der Waals surface area contributed by atoms with Crippen molar-refractivity contribution in [2.75, 3.05) is 11.4 Å². The lowest BCUT2D eigenvalue weighted by Gasteiger charge is -2.22. The number of amides is 2. The molecule has 30 heavy (non-hydrogen) atoms. The van der Waals surface area contributed by atoms with E-state index in [1.54, 1.807) is 24.3 Å². The van der Waals surface area contributed by atoms with Crippen LogP contribution in [0, 0.1) is 17.6 Å². The van der Waals surface area contributed by atoms with Gasteiger partial charge in [-0.3, -0.25) is 9.59 Å². The van der Waals surface area contributed by atoms with Crippen LogP contribution in [-0.2, 0) is 9.59 Å². The molecule has 2 amide bonds. The Bertz CT molecular complexity index is 1050. The molecule has 2 atom stereocenters. The molecule has 6 heteroatoms. The van der Waals surface area contributed by atoms with E-state index in [1.807, 2.05) is 30.3 Å². The molecule has 3 aromatic rings. The van der Waals surface area contributed by atoms with E-state index in [1.165, 1.54) is 29.2 Å². The van der Waals surface area contributed by atoms with Gasteiger partial charge in [-0.15, -0.1) is 0 Å². The largest absolute Gasteiger partial charge is 0.345 e. The predicted molar refractivity (Wildman–Crippen MR) is 110 cm³/mol. The monoisotopic (exact) mass is 406 g/mol. The first-order valence-electron chi connectivity index (χ1n) is 9.68. The summed E-state index contributed by atoms with van der Waals surface area (Å²) in [6.45, 7) is 0.108. The Kier molecular flexibility index (Phi) is 5.57. The minimum Gasteiger partial charge on any atom is -0.345 e. The third-order valence-electron chi connectivity index (χ3n) is 5.26. The van der Waals surface area contributed by atoms with Gasteiger partial charge in [0.2, 0.25) is 11.8 Å². The molecule has 0 radical (unpaired) electrons. The van der Waals surface area contributed by atoms with Gasteiger partial charge in [0.25, 0.3) is 0 Å². The van der Waals surface area contributed by atoms with Crippen LogP contribution in [0.25, 0.3) is 0 Å². The Morgan fingerprint density at radius 1 is 0.900 bits per heavy atom. The van der Waals surface area contributed by atoms with E-state index in [0.717, 1.165) is 11.1 Å². The molecule has 0 aromatic heterocycles. The number of hydrogen-bond acceptors (Lipinski definition) is 2. The van der Waals surface area contributed by atoms with Crippen LogP contribution in [0.3, 0.4) is 0 Å². The van der Waals surface area contributed by atoms with Crippen LogP contribution in [0.5, 0.6) is 0 Å². The molecular formula is C24H20F2N2O2. The molecule has 1 heterocycles. The van der Waals surface area contributed by atoms with Crippen LogP contribution < -0.4 is 10.2 Å². The minimum absolute atomic E-state index is 0.00505. The van der Waals surface area contributed by atoms with Gasteiger partial charge < -0.3 is 10.2 Å². The van der Waals surface area contributed by atoms with Crippen LogP contribution in [0.2, 0.25) is 0 Å². The molecule has 1 aliphatic rings. The molecule has 3 aromatic carbocycles. The zero-order valence-electron chi connectivity index (χ0n) is 16.1. The van der Waals surface area contributed by atoms with Crippen molar-refractivity contribution < 1.29 is 18.4 Å². The first-order valence-corrected chi connectivity index (χ1v) is 9.68. The fraction of sp³-hybridized carbons (Fsp3) is 0.167. The molecule has 0 spiro atoms. The Balaban J connectivity index is 1.55. The summed E-state index contributed by atoms with van der Waals surface area (Å²) in [7, 11) is 0. The van der Waals surface area contributed by atoms with Gasteiger partial charge in [-0.25, -0.2) is 8.78 Å². The Labute approximate surface area is 173 Å². The van der Waals surface area contributed by atoms with Gasteiger partial charge in [0.15, 0.2) is 0 Å². The van der Waals surface area contributed by atoms with Gasteiger partial charge in [0.1, 0.15) is 11.6 Å². The van der Waals surface area contributed by atoms with Crippen molar-refractivity contribution in [3.63, 3.8) is 0 Å². The maximum Gasteiger partial charge on any atom is 0.227 e. The minimum atomic E-state index is -0.608. The molecule has 1 aliphatic heterocycles. The highest BCUT2D eigenvalue weighted by Gasteiger charge is 2.37. The second kappa shape index (κ2) is 8.45. The van der Waals surface area contributed by atoms with E-state index >= 15 is 0 Å². The SMILES string of the molecule is O=C(NC(c1ccccc1)c1ccc(F)cc1)C1CC(=O)N(c2ccccc2F)C1. The van der Waals surface area contributed by atoms with E-state index in [4.69, 9.17) is 0 Å². The van der Waals surface area contributed by atoms with Crippen molar-refractivity contribution >= 4 is 17.5 Å². The highest BCUT2D eigenvalue weighted by molar-refractivity contribution is 6.00. The third-order valence-corrected chi connectivity index (χ3v) is 5.26. The van der Waals surface area contributed by atoms with Crippen molar-refractivity contribution in [3.8, 4) is 0 Å². The molecule has 4 nitrogen and oxygen atoms in total. The van der Waals surface area contributed by atoms with Crippen LogP contribution in [0.4, 0.5) is 14.5 Å². The summed E-state index contributed by atoms with van der Waals surface area (Å²) >= 11 is 0. The molecule has 1 N–H and O–H groups in total. The quantitative estimate of drug-likeness (QED) is 0.690. The molecule has 1 saturated heterocycles. The van der Waals surface area contributed by atoms with Crippen molar-refractivity contribution in [2.45, 2.75) is 12.5 Å². The van der Waals surface area contributed by atoms with Gasteiger partial charge >= 0.3 is 0 Å². The molecule has 152 valence electrons. The molecule has 1 fully saturated rings. The molecule has 0 bridgehead atoms. The fourth-order valence-corrected chi connectivity index (χ4v) is 3.71. The maximum atomic E-state index is 14.1. The van der Waals surface area contributed by atoms with Crippen molar-refractivity contribution in [1.82, 2.24) is 5.32 Å². The summed E-state index contributed by atoms with van der Waals surface area (Å²) in [5.41, 5.74) is 1.75. The number of hydrogen-bond donors (Lipinski definition) is 1. The van der Waals surface area contributed by atoms with Gasteiger partial charge in [0, 0.05) is 13.0 Å². The van der Waals surface area contributed by atoms with E-state index in [-0.39, 0.29) is 36.3 Å². The van der Waals surface area contributed by atoms with Crippen molar-refractivity contribution in [2.24, 2.45) is 5.92 Å². The number of benzene rings is 3. The van der Waals surface area contributed by atoms with E-state index in [9.17, 15) is 18.4 Å². The van der Waals surface area contributed by atoms with Crippen molar-refractivity contribution in [1.29, 1.82) is 0 Å². The average Bonchev–Trinajstić information content (AvgIpc) is 3.15. The Morgan fingerprint density at radius 2 is 1.53 bits per heavy atom. The van der Waals surface area contributed by atoms with Crippen LogP contribution in [0.15, 0.2) is 78.9 Å². The highest BCUT2D eigenvalue weighted by atomic mass is 19.1. The van der Waals surface area contributed by atoms with E-state index in [0.29, 0.717) is 0 Å². The number of carbonyl (C=O) groups excluding carboxylic acids is 2. The van der Waals surface area contributed by atoms with Crippen molar-refractivity contribution in [3.05, 3.63) is 102 Å². The highest BCUT2D eigenvalue weighted by Crippen LogP contribution is 2.29. The smallest absolute Gasteiger partial charge is 0.227 e. The normalized spacial score (nSPS) is 17.1. The van der Waals surface area contributed by atoms with Crippen LogP contribution >= 0.6 is 0 Å². The van der Waals surface area contributed by atoms with E-state index in [2.05, 4.69) is 5.32 Å². The van der Waals surface area contributed by atoms with Gasteiger partial charge in [0.05, 0.1) is 17.6 Å². The number of nitrogens with zero attached hydrogens (tertiary/aromatic N) is 1. The predicted octanol–water partition coefficient (Wildman–Crippen LogP) is 4.22. The molecular weight excluding hydrogens is 386 g/mol. The lowest BCUT2D eigenvalue weighted by Crippen LogP contribution is -2.36. The lowest BCUT2D eigenvalue weighted by molar-refractivity contribution is -0.126. The number of rotatable bonds is 5. The summed E-state index contributed by atoms with van der Waals surface area (Å²) in [5.74, 6) is -2.07. The summed E-state index contributed by atoms with van der Waals surface area (Å²) < 4.78 is 27.5. The standard InChI is InChI=1S/C24H20F2N2O2/c25-19-12-10-17(11-13-19)23(16-6-2-1-3-7-16)27-24(30)18-14-22(29)28(15-18)21-9-5-4-8-20(21)26/h1-13,18,23H,14-15H2,(H,27,30). The Hall–Kier alpha value is -3.54. The number of nitrogens with one attached hydrogen (secondary N) is 1.